The molecule has 0 radical (unpaired) electrons. The third-order valence-electron chi connectivity index (χ3n) is 3.66. The summed E-state index contributed by atoms with van der Waals surface area (Å²) in [5, 5.41) is 9.23. The smallest absolute Gasteiger partial charge is 0.101 e. The summed E-state index contributed by atoms with van der Waals surface area (Å²) in [6.07, 6.45) is 0. The minimum Gasteiger partial charge on any atom is -0.368 e. The lowest BCUT2D eigenvalue weighted by atomic mass is 10.1. The van der Waals surface area contributed by atoms with E-state index in [4.69, 9.17) is 0 Å². The molecule has 0 N–H and O–H groups in total. The minimum atomic E-state index is 0.612. The lowest BCUT2D eigenvalue weighted by Gasteiger charge is -2.38. The van der Waals surface area contributed by atoms with E-state index in [0.29, 0.717) is 6.04 Å². The summed E-state index contributed by atoms with van der Waals surface area (Å²) in [7, 11) is 0. The standard InChI is InChI=1S/C15H21N3.C2H6/c1-12(2)17-6-8-18(9-7-17)15-5-4-13(3)10-14(15)11-16;1-2/h4-5,10,12H,6-9H2,1-3H3;1-2H3. The van der Waals surface area contributed by atoms with Crippen molar-refractivity contribution in [3.8, 4) is 6.07 Å². The van der Waals surface area contributed by atoms with Crippen LogP contribution in [0.15, 0.2) is 18.2 Å². The first-order valence-electron chi connectivity index (χ1n) is 7.61. The fourth-order valence-corrected chi connectivity index (χ4v) is 2.49. The first-order chi connectivity index (χ1) is 9.61. The maximum absolute atomic E-state index is 9.23. The van der Waals surface area contributed by atoms with Crippen molar-refractivity contribution in [2.45, 2.75) is 40.7 Å². The predicted octanol–water partition coefficient (Wildman–Crippen LogP) is 3.42. The van der Waals surface area contributed by atoms with Crippen LogP contribution < -0.4 is 4.90 Å². The van der Waals surface area contributed by atoms with Gasteiger partial charge in [-0.15, -0.1) is 0 Å². The van der Waals surface area contributed by atoms with Gasteiger partial charge in [0.2, 0.25) is 0 Å². The molecule has 1 aliphatic rings. The zero-order valence-corrected chi connectivity index (χ0v) is 13.5. The van der Waals surface area contributed by atoms with Crippen LogP contribution in [0.25, 0.3) is 0 Å². The third-order valence-corrected chi connectivity index (χ3v) is 3.66. The Balaban J connectivity index is 0.000000956. The molecule has 0 aliphatic carbocycles. The summed E-state index contributed by atoms with van der Waals surface area (Å²) in [5.74, 6) is 0. The molecule has 1 heterocycles. The van der Waals surface area contributed by atoms with Gasteiger partial charge in [-0.1, -0.05) is 19.9 Å². The van der Waals surface area contributed by atoms with Gasteiger partial charge in [0.25, 0.3) is 0 Å². The lowest BCUT2D eigenvalue weighted by molar-refractivity contribution is 0.209. The molecule has 3 nitrogen and oxygen atoms in total. The van der Waals surface area contributed by atoms with Crippen molar-refractivity contribution in [1.82, 2.24) is 4.90 Å². The molecule has 2 rings (SSSR count). The van der Waals surface area contributed by atoms with Crippen molar-refractivity contribution in [1.29, 1.82) is 5.26 Å². The number of hydrogen-bond donors (Lipinski definition) is 0. The SMILES string of the molecule is CC.Cc1ccc(N2CCN(C(C)C)CC2)c(C#N)c1. The predicted molar refractivity (Wildman–Crippen MR) is 86.2 cm³/mol. The van der Waals surface area contributed by atoms with Gasteiger partial charge in [0, 0.05) is 32.2 Å². The number of hydrogen-bond acceptors (Lipinski definition) is 3. The second-order valence-corrected chi connectivity index (χ2v) is 5.25. The fraction of sp³-hybridized carbons (Fsp3) is 0.588. The Morgan fingerprint density at radius 2 is 1.70 bits per heavy atom. The van der Waals surface area contributed by atoms with Crippen LogP contribution in [0.1, 0.15) is 38.8 Å². The highest BCUT2D eigenvalue weighted by molar-refractivity contribution is 5.60. The Labute approximate surface area is 123 Å². The molecule has 0 bridgehead atoms. The van der Waals surface area contributed by atoms with E-state index in [1.807, 2.05) is 26.8 Å². The van der Waals surface area contributed by atoms with E-state index in [2.05, 4.69) is 41.8 Å². The Morgan fingerprint density at radius 3 is 2.20 bits per heavy atom. The molecule has 0 saturated carbocycles. The van der Waals surface area contributed by atoms with Gasteiger partial charge in [0.05, 0.1) is 11.3 Å². The van der Waals surface area contributed by atoms with Crippen LogP contribution >= 0.6 is 0 Å². The number of benzene rings is 1. The topological polar surface area (TPSA) is 30.3 Å². The summed E-state index contributed by atoms with van der Waals surface area (Å²) < 4.78 is 0. The molecule has 0 aromatic heterocycles. The van der Waals surface area contributed by atoms with Gasteiger partial charge in [-0.05, 0) is 38.5 Å². The molecule has 0 atom stereocenters. The minimum absolute atomic E-state index is 0.612. The summed E-state index contributed by atoms with van der Waals surface area (Å²) in [4.78, 5) is 4.81. The highest BCUT2D eigenvalue weighted by Gasteiger charge is 2.20. The molecular formula is C17H27N3. The quantitative estimate of drug-likeness (QED) is 0.827. The van der Waals surface area contributed by atoms with Crippen LogP contribution in [-0.2, 0) is 0 Å². The van der Waals surface area contributed by atoms with Gasteiger partial charge < -0.3 is 4.90 Å². The maximum Gasteiger partial charge on any atom is 0.101 e. The monoisotopic (exact) mass is 273 g/mol. The second kappa shape index (κ2) is 7.91. The highest BCUT2D eigenvalue weighted by Crippen LogP contribution is 2.23. The molecule has 1 aromatic carbocycles. The van der Waals surface area contributed by atoms with Crippen molar-refractivity contribution in [2.75, 3.05) is 31.1 Å². The van der Waals surface area contributed by atoms with E-state index < -0.39 is 0 Å². The number of nitriles is 1. The fourth-order valence-electron chi connectivity index (χ4n) is 2.49. The largest absolute Gasteiger partial charge is 0.368 e. The van der Waals surface area contributed by atoms with Gasteiger partial charge >= 0.3 is 0 Å². The van der Waals surface area contributed by atoms with Crippen molar-refractivity contribution < 1.29 is 0 Å². The summed E-state index contributed by atoms with van der Waals surface area (Å²) >= 11 is 0. The average Bonchev–Trinajstić information content (AvgIpc) is 2.49. The number of piperazine rings is 1. The van der Waals surface area contributed by atoms with Crippen LogP contribution in [0.5, 0.6) is 0 Å². The second-order valence-electron chi connectivity index (χ2n) is 5.25. The van der Waals surface area contributed by atoms with Gasteiger partial charge in [0.1, 0.15) is 6.07 Å². The van der Waals surface area contributed by atoms with Gasteiger partial charge in [-0.2, -0.15) is 5.26 Å². The number of aryl methyl sites for hydroxylation is 1. The van der Waals surface area contributed by atoms with Crippen LogP contribution in [0, 0.1) is 18.3 Å². The molecule has 3 heteroatoms. The molecule has 1 aromatic rings. The Kier molecular flexibility index (Phi) is 6.54. The molecule has 1 fully saturated rings. The maximum atomic E-state index is 9.23. The number of anilines is 1. The van der Waals surface area contributed by atoms with E-state index in [1.54, 1.807) is 0 Å². The van der Waals surface area contributed by atoms with Crippen LogP contribution in [0.3, 0.4) is 0 Å². The summed E-state index contributed by atoms with van der Waals surface area (Å²) in [6.45, 7) is 14.7. The number of nitrogens with zero attached hydrogens (tertiary/aromatic N) is 3. The van der Waals surface area contributed by atoms with E-state index in [1.165, 1.54) is 0 Å². The van der Waals surface area contributed by atoms with Crippen LogP contribution in [0.2, 0.25) is 0 Å². The first-order valence-corrected chi connectivity index (χ1v) is 7.61. The Bertz CT molecular complexity index is 452. The molecule has 110 valence electrons. The van der Waals surface area contributed by atoms with Crippen molar-refractivity contribution in [3.63, 3.8) is 0 Å². The van der Waals surface area contributed by atoms with E-state index in [0.717, 1.165) is 43.0 Å². The van der Waals surface area contributed by atoms with Crippen LogP contribution in [-0.4, -0.2) is 37.1 Å². The first kappa shape index (κ1) is 16.5. The van der Waals surface area contributed by atoms with E-state index >= 15 is 0 Å². The molecular weight excluding hydrogens is 246 g/mol. The molecule has 1 saturated heterocycles. The molecule has 0 amide bonds. The van der Waals surface area contributed by atoms with E-state index in [9.17, 15) is 5.26 Å². The highest BCUT2D eigenvalue weighted by atomic mass is 15.3. The summed E-state index contributed by atoms with van der Waals surface area (Å²) in [6, 6.07) is 9.07. The summed E-state index contributed by atoms with van der Waals surface area (Å²) in [5.41, 5.74) is 3.04. The molecule has 20 heavy (non-hydrogen) atoms. The van der Waals surface area contributed by atoms with Crippen LogP contribution in [0.4, 0.5) is 5.69 Å². The molecule has 0 spiro atoms. The molecule has 0 unspecified atom stereocenters. The zero-order chi connectivity index (χ0) is 15.1. The van der Waals surface area contributed by atoms with Gasteiger partial charge in [-0.3, -0.25) is 4.90 Å². The van der Waals surface area contributed by atoms with E-state index in [-0.39, 0.29) is 0 Å². The number of rotatable bonds is 2. The van der Waals surface area contributed by atoms with Crippen molar-refractivity contribution in [2.24, 2.45) is 0 Å². The van der Waals surface area contributed by atoms with Crippen molar-refractivity contribution in [3.05, 3.63) is 29.3 Å². The lowest BCUT2D eigenvalue weighted by Crippen LogP contribution is -2.49. The zero-order valence-electron chi connectivity index (χ0n) is 13.5. The Morgan fingerprint density at radius 1 is 1.10 bits per heavy atom. The normalized spacial score (nSPS) is 15.6. The molecule has 1 aliphatic heterocycles. The third kappa shape index (κ3) is 3.98. The average molecular weight is 273 g/mol. The Hall–Kier alpha value is -1.53. The van der Waals surface area contributed by atoms with Gasteiger partial charge in [-0.25, -0.2) is 0 Å². The van der Waals surface area contributed by atoms with Gasteiger partial charge in [0.15, 0.2) is 0 Å². The van der Waals surface area contributed by atoms with Crippen molar-refractivity contribution >= 4 is 5.69 Å².